The lowest BCUT2D eigenvalue weighted by Gasteiger charge is -2.35. The van der Waals surface area contributed by atoms with Crippen LogP contribution in [0.2, 0.25) is 0 Å². The van der Waals surface area contributed by atoms with E-state index >= 15 is 0 Å². The van der Waals surface area contributed by atoms with Crippen molar-refractivity contribution in [3.8, 4) is 0 Å². The molecule has 0 bridgehead atoms. The second-order valence-electron chi connectivity index (χ2n) is 8.08. The van der Waals surface area contributed by atoms with E-state index in [4.69, 9.17) is 0 Å². The molecule has 0 N–H and O–H groups in total. The number of carbonyl (C=O) groups excluding carboxylic acids is 1. The highest BCUT2D eigenvalue weighted by Gasteiger charge is 2.40. The molecule has 2 aromatic rings. The highest BCUT2D eigenvalue weighted by molar-refractivity contribution is 5.97. The second kappa shape index (κ2) is 8.33. The fraction of sp³-hybridized carbons (Fsp3) is 0.435. The van der Waals surface area contributed by atoms with Crippen LogP contribution < -0.4 is 0 Å². The number of benzene rings is 2. The van der Waals surface area contributed by atoms with Gasteiger partial charge >= 0.3 is 0 Å². The van der Waals surface area contributed by atoms with Gasteiger partial charge in [0, 0.05) is 42.4 Å². The molecule has 2 aliphatic rings. The van der Waals surface area contributed by atoms with Crippen LogP contribution in [0.1, 0.15) is 47.2 Å². The maximum Gasteiger partial charge on any atom is 0.273 e. The number of amides is 1. The van der Waals surface area contributed by atoms with Gasteiger partial charge in [-0.2, -0.15) is 0 Å². The summed E-state index contributed by atoms with van der Waals surface area (Å²) in [6, 6.07) is 15.8. The number of nitro benzene ring substituents is 1. The first-order valence-electron chi connectivity index (χ1n) is 10.4. The molecule has 2 heterocycles. The van der Waals surface area contributed by atoms with E-state index in [9.17, 15) is 14.9 Å². The predicted octanol–water partition coefficient (Wildman–Crippen LogP) is 4.17. The molecule has 2 atom stereocenters. The van der Waals surface area contributed by atoms with Gasteiger partial charge in [0.1, 0.15) is 0 Å². The van der Waals surface area contributed by atoms with Crippen molar-refractivity contribution in [2.75, 3.05) is 13.1 Å². The van der Waals surface area contributed by atoms with E-state index in [1.165, 1.54) is 11.6 Å². The number of hydrogen-bond acceptors (Lipinski definition) is 4. The fourth-order valence-electron chi connectivity index (χ4n) is 4.95. The van der Waals surface area contributed by atoms with Gasteiger partial charge in [-0.3, -0.25) is 19.8 Å². The second-order valence-corrected chi connectivity index (χ2v) is 8.08. The van der Waals surface area contributed by atoms with Crippen molar-refractivity contribution in [3.63, 3.8) is 0 Å². The van der Waals surface area contributed by atoms with Crippen LogP contribution >= 0.6 is 0 Å². The Hall–Kier alpha value is -2.73. The zero-order chi connectivity index (χ0) is 20.4. The van der Waals surface area contributed by atoms with Gasteiger partial charge in [-0.25, -0.2) is 0 Å². The first-order chi connectivity index (χ1) is 14.1. The van der Waals surface area contributed by atoms with Gasteiger partial charge in [0.15, 0.2) is 0 Å². The van der Waals surface area contributed by atoms with Crippen molar-refractivity contribution in [1.29, 1.82) is 0 Å². The molecule has 2 fully saturated rings. The average molecular weight is 393 g/mol. The summed E-state index contributed by atoms with van der Waals surface area (Å²) in [5, 5.41) is 11.3. The molecular formula is C23H27N3O3. The first kappa shape index (κ1) is 19.6. The summed E-state index contributed by atoms with van der Waals surface area (Å²) >= 11 is 0. The van der Waals surface area contributed by atoms with Crippen molar-refractivity contribution >= 4 is 11.6 Å². The number of likely N-dealkylation sites (tertiary alicyclic amines) is 2. The van der Waals surface area contributed by atoms with Gasteiger partial charge in [0.05, 0.1) is 4.92 Å². The van der Waals surface area contributed by atoms with Crippen LogP contribution in [0, 0.1) is 17.0 Å². The van der Waals surface area contributed by atoms with E-state index in [0.29, 0.717) is 17.2 Å². The van der Waals surface area contributed by atoms with E-state index in [2.05, 4.69) is 29.2 Å². The first-order valence-corrected chi connectivity index (χ1v) is 10.4. The normalized spacial score (nSPS) is 22.2. The van der Waals surface area contributed by atoms with Crippen molar-refractivity contribution < 1.29 is 9.72 Å². The summed E-state index contributed by atoms with van der Waals surface area (Å²) < 4.78 is 0. The lowest BCUT2D eigenvalue weighted by Crippen LogP contribution is -2.48. The third kappa shape index (κ3) is 3.90. The Bertz CT molecular complexity index is 899. The number of nitrogens with zero attached hydrogens (tertiary/aromatic N) is 3. The van der Waals surface area contributed by atoms with Crippen LogP contribution in [0.15, 0.2) is 48.5 Å². The number of nitro groups is 1. The highest BCUT2D eigenvalue weighted by Crippen LogP contribution is 2.33. The molecule has 0 spiro atoms. The topological polar surface area (TPSA) is 66.7 Å². The van der Waals surface area contributed by atoms with E-state index in [-0.39, 0.29) is 17.6 Å². The highest BCUT2D eigenvalue weighted by atomic mass is 16.6. The average Bonchev–Trinajstić information content (AvgIpc) is 3.37. The standard InChI is InChI=1S/C23H27N3O3/c1-17-19(10-5-11-20(17)26(28)29)23(27)25-15-7-13-22(25)21-12-6-14-24(21)16-18-8-3-2-4-9-18/h2-5,8-11,21-22H,6-7,12-16H2,1H3. The molecule has 0 saturated carbocycles. The molecular weight excluding hydrogens is 366 g/mol. The molecule has 6 nitrogen and oxygen atoms in total. The minimum Gasteiger partial charge on any atom is -0.334 e. The van der Waals surface area contributed by atoms with Crippen molar-refractivity contribution in [1.82, 2.24) is 9.80 Å². The zero-order valence-corrected chi connectivity index (χ0v) is 16.8. The van der Waals surface area contributed by atoms with Gasteiger partial charge in [0.2, 0.25) is 0 Å². The molecule has 2 aliphatic heterocycles. The van der Waals surface area contributed by atoms with E-state index in [1.54, 1.807) is 19.1 Å². The number of carbonyl (C=O) groups is 1. The molecule has 152 valence electrons. The molecule has 1 amide bonds. The van der Waals surface area contributed by atoms with Crippen molar-refractivity contribution in [2.45, 2.75) is 51.2 Å². The maximum absolute atomic E-state index is 13.4. The molecule has 4 rings (SSSR count). The number of hydrogen-bond donors (Lipinski definition) is 0. The van der Waals surface area contributed by atoms with Crippen LogP contribution in [0.5, 0.6) is 0 Å². The summed E-state index contributed by atoms with van der Waals surface area (Å²) in [6.45, 7) is 4.35. The van der Waals surface area contributed by atoms with Crippen LogP contribution in [-0.2, 0) is 6.54 Å². The van der Waals surface area contributed by atoms with Crippen LogP contribution in [-0.4, -0.2) is 45.8 Å². The smallest absolute Gasteiger partial charge is 0.273 e. The Morgan fingerprint density at radius 1 is 1.03 bits per heavy atom. The van der Waals surface area contributed by atoms with E-state index < -0.39 is 4.92 Å². The van der Waals surface area contributed by atoms with Crippen LogP contribution in [0.4, 0.5) is 5.69 Å². The molecule has 6 heteroatoms. The van der Waals surface area contributed by atoms with Gasteiger partial charge in [-0.05, 0) is 50.8 Å². The Labute approximate surface area is 171 Å². The summed E-state index contributed by atoms with van der Waals surface area (Å²) in [4.78, 5) is 28.7. The van der Waals surface area contributed by atoms with Crippen LogP contribution in [0.3, 0.4) is 0 Å². The minimum atomic E-state index is -0.411. The Kier molecular flexibility index (Phi) is 5.62. The summed E-state index contributed by atoms with van der Waals surface area (Å²) in [6.07, 6.45) is 4.22. The molecule has 29 heavy (non-hydrogen) atoms. The van der Waals surface area contributed by atoms with Crippen molar-refractivity contribution in [3.05, 3.63) is 75.3 Å². The van der Waals surface area contributed by atoms with Gasteiger partial charge < -0.3 is 4.90 Å². The maximum atomic E-state index is 13.4. The summed E-state index contributed by atoms with van der Waals surface area (Å²) in [7, 11) is 0. The molecule has 2 unspecified atom stereocenters. The fourth-order valence-corrected chi connectivity index (χ4v) is 4.95. The Morgan fingerprint density at radius 3 is 2.52 bits per heavy atom. The quantitative estimate of drug-likeness (QED) is 0.565. The Balaban J connectivity index is 1.55. The molecule has 0 radical (unpaired) electrons. The van der Waals surface area contributed by atoms with Gasteiger partial charge in [-0.1, -0.05) is 36.4 Å². The molecule has 2 aromatic carbocycles. The molecule has 0 aliphatic carbocycles. The van der Waals surface area contributed by atoms with E-state index in [1.807, 2.05) is 11.0 Å². The van der Waals surface area contributed by atoms with Gasteiger partial charge in [-0.15, -0.1) is 0 Å². The largest absolute Gasteiger partial charge is 0.334 e. The molecule has 0 aromatic heterocycles. The Morgan fingerprint density at radius 2 is 1.76 bits per heavy atom. The zero-order valence-electron chi connectivity index (χ0n) is 16.8. The summed E-state index contributed by atoms with van der Waals surface area (Å²) in [5.41, 5.74) is 2.22. The SMILES string of the molecule is Cc1c(C(=O)N2CCCC2C2CCCN2Cc2ccccc2)cccc1[N+](=O)[O-]. The van der Waals surface area contributed by atoms with Crippen molar-refractivity contribution in [2.24, 2.45) is 0 Å². The monoisotopic (exact) mass is 393 g/mol. The number of rotatable bonds is 5. The summed E-state index contributed by atoms with van der Waals surface area (Å²) in [5.74, 6) is -0.0692. The molecule has 2 saturated heterocycles. The minimum absolute atomic E-state index is 0.0122. The third-order valence-corrected chi connectivity index (χ3v) is 6.38. The van der Waals surface area contributed by atoms with Crippen LogP contribution in [0.25, 0.3) is 0 Å². The lowest BCUT2D eigenvalue weighted by molar-refractivity contribution is -0.385. The predicted molar refractivity (Wildman–Crippen MR) is 112 cm³/mol. The lowest BCUT2D eigenvalue weighted by atomic mass is 10.0. The van der Waals surface area contributed by atoms with Gasteiger partial charge in [0.25, 0.3) is 11.6 Å². The van der Waals surface area contributed by atoms with E-state index in [0.717, 1.165) is 45.3 Å². The third-order valence-electron chi connectivity index (χ3n) is 6.38.